The molecule has 28 heavy (non-hydrogen) atoms. The van der Waals surface area contributed by atoms with E-state index in [2.05, 4.69) is 5.32 Å². The second-order valence-corrected chi connectivity index (χ2v) is 7.99. The zero-order valence-electron chi connectivity index (χ0n) is 16.1. The first-order chi connectivity index (χ1) is 13.4. The van der Waals surface area contributed by atoms with Crippen molar-refractivity contribution in [3.63, 3.8) is 0 Å². The maximum absolute atomic E-state index is 12.6. The molecule has 0 spiro atoms. The van der Waals surface area contributed by atoms with Gasteiger partial charge in [0.05, 0.1) is 17.9 Å². The number of hydrogen-bond donors (Lipinski definition) is 1. The van der Waals surface area contributed by atoms with Gasteiger partial charge in [-0.25, -0.2) is 9.59 Å². The first-order valence-electron chi connectivity index (χ1n) is 9.23. The van der Waals surface area contributed by atoms with Crippen LogP contribution in [0.3, 0.4) is 0 Å². The first kappa shape index (κ1) is 20.1. The molecule has 0 saturated heterocycles. The number of anilines is 1. The quantitative estimate of drug-likeness (QED) is 0.733. The zero-order chi connectivity index (χ0) is 20.3. The third-order valence-corrected chi connectivity index (χ3v) is 5.59. The number of carbonyl (C=O) groups is 3. The number of amides is 1. The van der Waals surface area contributed by atoms with Crippen LogP contribution in [-0.4, -0.2) is 30.6 Å². The highest BCUT2D eigenvalue weighted by Gasteiger charge is 2.28. The van der Waals surface area contributed by atoms with E-state index in [4.69, 9.17) is 13.9 Å². The molecule has 0 bridgehead atoms. The Morgan fingerprint density at radius 2 is 1.96 bits per heavy atom. The van der Waals surface area contributed by atoms with Crippen molar-refractivity contribution >= 4 is 34.2 Å². The summed E-state index contributed by atoms with van der Waals surface area (Å²) in [5, 5.41) is 3.17. The summed E-state index contributed by atoms with van der Waals surface area (Å²) in [7, 11) is 0. The van der Waals surface area contributed by atoms with Crippen LogP contribution < -0.4 is 5.32 Å². The highest BCUT2D eigenvalue weighted by atomic mass is 32.1. The van der Waals surface area contributed by atoms with Gasteiger partial charge in [-0.3, -0.25) is 4.79 Å². The lowest BCUT2D eigenvalue weighted by Crippen LogP contribution is -2.22. The fourth-order valence-electron chi connectivity index (χ4n) is 3.11. The average Bonchev–Trinajstić information content (AvgIpc) is 3.22. The Hall–Kier alpha value is -2.61. The summed E-state index contributed by atoms with van der Waals surface area (Å²) in [5.74, 6) is -1.15. The molecule has 0 radical (unpaired) electrons. The second kappa shape index (κ2) is 8.60. The van der Waals surface area contributed by atoms with Crippen LogP contribution in [0, 0.1) is 6.92 Å². The van der Waals surface area contributed by atoms with Crippen LogP contribution in [-0.2, 0) is 27.1 Å². The van der Waals surface area contributed by atoms with Crippen LogP contribution in [0.25, 0.3) is 0 Å². The number of rotatable bonds is 6. The summed E-state index contributed by atoms with van der Waals surface area (Å²) in [6.07, 6.45) is 4.86. The number of carbonyl (C=O) groups excluding carboxylic acids is 3. The van der Waals surface area contributed by atoms with Crippen LogP contribution in [0.5, 0.6) is 0 Å². The molecule has 2 heterocycles. The number of fused-ring (bicyclic) bond motifs is 1. The van der Waals surface area contributed by atoms with Gasteiger partial charge in [0, 0.05) is 4.88 Å². The minimum atomic E-state index is -0.633. The van der Waals surface area contributed by atoms with Gasteiger partial charge in [0.15, 0.2) is 6.61 Å². The van der Waals surface area contributed by atoms with E-state index in [1.807, 2.05) is 0 Å². The normalized spacial score (nSPS) is 13.1. The molecule has 1 aliphatic carbocycles. The van der Waals surface area contributed by atoms with E-state index in [1.165, 1.54) is 23.7 Å². The van der Waals surface area contributed by atoms with Crippen LogP contribution in [0.4, 0.5) is 5.00 Å². The predicted molar refractivity (Wildman–Crippen MR) is 104 cm³/mol. The molecule has 3 rings (SSSR count). The van der Waals surface area contributed by atoms with Gasteiger partial charge >= 0.3 is 11.9 Å². The largest absolute Gasteiger partial charge is 0.469 e. The van der Waals surface area contributed by atoms with Crippen molar-refractivity contribution in [1.82, 2.24) is 0 Å². The maximum atomic E-state index is 12.6. The van der Waals surface area contributed by atoms with Gasteiger partial charge in [-0.1, -0.05) is 0 Å². The van der Waals surface area contributed by atoms with Gasteiger partial charge in [0.1, 0.15) is 16.3 Å². The Kier molecular flexibility index (Phi) is 6.18. The van der Waals surface area contributed by atoms with Crippen molar-refractivity contribution in [2.45, 2.75) is 52.6 Å². The van der Waals surface area contributed by atoms with Crippen molar-refractivity contribution in [1.29, 1.82) is 0 Å². The minimum Gasteiger partial charge on any atom is -0.469 e. The molecule has 2 aromatic heterocycles. The van der Waals surface area contributed by atoms with Gasteiger partial charge in [-0.05, 0) is 58.1 Å². The third kappa shape index (κ3) is 4.44. The third-order valence-electron chi connectivity index (χ3n) is 4.38. The Bertz CT molecular complexity index is 895. The summed E-state index contributed by atoms with van der Waals surface area (Å²) < 4.78 is 15.5. The fraction of sp³-hybridized carbons (Fsp3) is 0.450. The number of aryl methyl sites for hydroxylation is 2. The molecule has 2 aromatic rings. The van der Waals surface area contributed by atoms with Crippen LogP contribution >= 0.6 is 11.3 Å². The van der Waals surface area contributed by atoms with Crippen LogP contribution in [0.15, 0.2) is 16.7 Å². The molecule has 0 aromatic carbocycles. The minimum absolute atomic E-state index is 0.255. The van der Waals surface area contributed by atoms with E-state index >= 15 is 0 Å². The smallest absolute Gasteiger partial charge is 0.342 e. The number of furan rings is 1. The molecule has 0 saturated carbocycles. The number of esters is 2. The summed E-state index contributed by atoms with van der Waals surface area (Å²) in [6, 6.07) is 1.49. The summed E-state index contributed by atoms with van der Waals surface area (Å²) in [4.78, 5) is 38.0. The molecule has 0 atom stereocenters. The number of hydrogen-bond acceptors (Lipinski definition) is 7. The van der Waals surface area contributed by atoms with Gasteiger partial charge in [-0.2, -0.15) is 0 Å². The monoisotopic (exact) mass is 405 g/mol. The molecule has 0 aliphatic heterocycles. The lowest BCUT2D eigenvalue weighted by Gasteiger charge is -2.14. The molecule has 8 heteroatoms. The summed E-state index contributed by atoms with van der Waals surface area (Å²) >= 11 is 1.39. The van der Waals surface area contributed by atoms with Crippen LogP contribution in [0.2, 0.25) is 0 Å². The van der Waals surface area contributed by atoms with Gasteiger partial charge in [0.25, 0.3) is 5.91 Å². The molecule has 0 fully saturated rings. The number of nitrogens with one attached hydrogen (secondary N) is 1. The van der Waals surface area contributed by atoms with Gasteiger partial charge in [0.2, 0.25) is 0 Å². The highest BCUT2D eigenvalue weighted by molar-refractivity contribution is 7.17. The van der Waals surface area contributed by atoms with E-state index in [0.29, 0.717) is 16.3 Å². The molecule has 1 aliphatic rings. The fourth-order valence-corrected chi connectivity index (χ4v) is 4.40. The zero-order valence-corrected chi connectivity index (χ0v) is 16.9. The molecular formula is C20H23NO6S. The summed E-state index contributed by atoms with van der Waals surface area (Å²) in [5.41, 5.74) is 1.67. The van der Waals surface area contributed by atoms with Crippen molar-refractivity contribution in [2.75, 3.05) is 11.9 Å². The molecule has 1 amide bonds. The van der Waals surface area contributed by atoms with Crippen LogP contribution in [0.1, 0.15) is 63.6 Å². The number of thiophene rings is 1. The highest BCUT2D eigenvalue weighted by Crippen LogP contribution is 2.38. The van der Waals surface area contributed by atoms with E-state index < -0.39 is 24.5 Å². The first-order valence-corrected chi connectivity index (χ1v) is 10.0. The topological polar surface area (TPSA) is 94.8 Å². The summed E-state index contributed by atoms with van der Waals surface area (Å²) in [6.45, 7) is 4.75. The Balaban J connectivity index is 1.71. The van der Waals surface area contributed by atoms with E-state index in [0.717, 1.165) is 36.1 Å². The van der Waals surface area contributed by atoms with Gasteiger partial charge in [-0.15, -0.1) is 11.3 Å². The standard InChI is InChI=1S/C20H23NO6S/c1-11(2)27-20(24)17-14-6-4-5-7-15(14)28-18(17)21-16(22)10-26-19(23)13-8-9-25-12(13)3/h8-9,11H,4-7,10H2,1-3H3,(H,21,22). The van der Waals surface area contributed by atoms with Gasteiger partial charge < -0.3 is 19.2 Å². The molecule has 150 valence electrons. The van der Waals surface area contributed by atoms with Crippen molar-refractivity contribution in [3.05, 3.63) is 39.7 Å². The number of ether oxygens (including phenoxy) is 2. The second-order valence-electron chi connectivity index (χ2n) is 6.88. The Labute approximate surface area is 167 Å². The molecular weight excluding hydrogens is 382 g/mol. The van der Waals surface area contributed by atoms with Crippen molar-refractivity contribution in [2.24, 2.45) is 0 Å². The van der Waals surface area contributed by atoms with E-state index in [-0.39, 0.29) is 11.7 Å². The van der Waals surface area contributed by atoms with E-state index in [1.54, 1.807) is 20.8 Å². The molecule has 0 unspecified atom stereocenters. The lowest BCUT2D eigenvalue weighted by molar-refractivity contribution is -0.119. The average molecular weight is 405 g/mol. The molecule has 1 N–H and O–H groups in total. The Morgan fingerprint density at radius 3 is 2.64 bits per heavy atom. The SMILES string of the molecule is Cc1occc1C(=O)OCC(=O)Nc1sc2c(c1C(=O)OC(C)C)CCCC2. The maximum Gasteiger partial charge on any atom is 0.342 e. The predicted octanol–water partition coefficient (Wildman–Crippen LogP) is 3.89. The Morgan fingerprint density at radius 1 is 1.21 bits per heavy atom. The molecule has 7 nitrogen and oxygen atoms in total. The van der Waals surface area contributed by atoms with E-state index in [9.17, 15) is 14.4 Å². The van der Waals surface area contributed by atoms with Crippen molar-refractivity contribution < 1.29 is 28.3 Å². The lowest BCUT2D eigenvalue weighted by atomic mass is 9.95. The van der Waals surface area contributed by atoms with Crippen molar-refractivity contribution in [3.8, 4) is 0 Å².